The number of nitrogens with zero attached hydrogens (tertiary/aromatic N) is 3. The van der Waals surface area contributed by atoms with Crippen LogP contribution in [0, 0.1) is 0 Å². The van der Waals surface area contributed by atoms with Crippen molar-refractivity contribution in [1.29, 1.82) is 0 Å². The second kappa shape index (κ2) is 9.67. The first kappa shape index (κ1) is 20.3. The van der Waals surface area contributed by atoms with Crippen LogP contribution >= 0.6 is 0 Å². The van der Waals surface area contributed by atoms with Gasteiger partial charge in [-0.05, 0) is 49.2 Å². The molecule has 30 heavy (non-hydrogen) atoms. The molecule has 0 atom stereocenters. The zero-order valence-electron chi connectivity index (χ0n) is 17.2. The number of hydrogen-bond acceptors (Lipinski definition) is 4. The Kier molecular flexibility index (Phi) is 6.54. The molecule has 1 aromatic heterocycles. The molecule has 1 saturated heterocycles. The molecule has 6 heteroatoms. The fourth-order valence-electron chi connectivity index (χ4n) is 4.07. The predicted molar refractivity (Wildman–Crippen MR) is 118 cm³/mol. The fraction of sp³-hybridized carbons (Fsp3) is 0.375. The normalized spacial score (nSPS) is 14.7. The Morgan fingerprint density at radius 1 is 0.967 bits per heavy atom. The van der Waals surface area contributed by atoms with E-state index in [1.807, 2.05) is 24.3 Å². The Morgan fingerprint density at radius 3 is 2.53 bits per heavy atom. The standard InChI is InChI=1S/C24H28N4O2/c29-23-17-26-28(22-11-5-4-10-21(22)23)15-12-24(30)25-16-19-8-2-3-9-20(19)18-27-13-6-1-7-14-27/h2-5,8-11,17H,1,6-7,12-16,18H2,(H,25,30). The summed E-state index contributed by atoms with van der Waals surface area (Å²) in [4.78, 5) is 26.9. The summed E-state index contributed by atoms with van der Waals surface area (Å²) in [6.45, 7) is 4.21. The molecule has 1 aliphatic rings. The van der Waals surface area contributed by atoms with Gasteiger partial charge in [0.15, 0.2) is 0 Å². The molecule has 1 N–H and O–H groups in total. The van der Waals surface area contributed by atoms with Crippen molar-refractivity contribution in [2.75, 3.05) is 13.1 Å². The summed E-state index contributed by atoms with van der Waals surface area (Å²) >= 11 is 0. The number of likely N-dealkylation sites (tertiary alicyclic amines) is 1. The third kappa shape index (κ3) is 4.94. The van der Waals surface area contributed by atoms with Crippen molar-refractivity contribution < 1.29 is 4.79 Å². The van der Waals surface area contributed by atoms with Gasteiger partial charge in [0.2, 0.25) is 11.3 Å². The number of fused-ring (bicyclic) bond motifs is 1. The number of aryl methyl sites for hydroxylation is 1. The molecule has 0 saturated carbocycles. The van der Waals surface area contributed by atoms with E-state index in [0.717, 1.165) is 25.2 Å². The molecule has 0 unspecified atom stereocenters. The summed E-state index contributed by atoms with van der Waals surface area (Å²) in [6.07, 6.45) is 5.50. The molecule has 0 bridgehead atoms. The average molecular weight is 405 g/mol. The SMILES string of the molecule is O=C(CCn1ncc(=O)c2ccccc21)NCc1ccccc1CN1CCCCC1. The quantitative estimate of drug-likeness (QED) is 0.657. The highest BCUT2D eigenvalue weighted by Gasteiger charge is 2.13. The number of nitrogens with one attached hydrogen (secondary N) is 1. The van der Waals surface area contributed by atoms with Crippen LogP contribution in [0.3, 0.4) is 0 Å². The van der Waals surface area contributed by atoms with Crippen molar-refractivity contribution in [3.63, 3.8) is 0 Å². The first-order valence-corrected chi connectivity index (χ1v) is 10.7. The van der Waals surface area contributed by atoms with Crippen molar-refractivity contribution in [1.82, 2.24) is 20.0 Å². The van der Waals surface area contributed by atoms with Crippen molar-refractivity contribution >= 4 is 16.8 Å². The number of piperidine rings is 1. The van der Waals surface area contributed by atoms with Crippen molar-refractivity contribution in [3.05, 3.63) is 76.1 Å². The first-order valence-electron chi connectivity index (χ1n) is 10.7. The predicted octanol–water partition coefficient (Wildman–Crippen LogP) is 3.09. The van der Waals surface area contributed by atoms with E-state index in [1.54, 1.807) is 10.7 Å². The van der Waals surface area contributed by atoms with Gasteiger partial charge in [-0.2, -0.15) is 5.10 Å². The van der Waals surface area contributed by atoms with Crippen LogP contribution in [0.4, 0.5) is 0 Å². The van der Waals surface area contributed by atoms with E-state index in [0.29, 0.717) is 24.9 Å². The molecule has 0 aliphatic carbocycles. The molecule has 0 spiro atoms. The second-order valence-corrected chi connectivity index (χ2v) is 7.88. The fourth-order valence-corrected chi connectivity index (χ4v) is 4.07. The van der Waals surface area contributed by atoms with Gasteiger partial charge in [-0.25, -0.2) is 0 Å². The minimum absolute atomic E-state index is 0.0210. The van der Waals surface area contributed by atoms with Gasteiger partial charge >= 0.3 is 0 Å². The van der Waals surface area contributed by atoms with Gasteiger partial charge in [0, 0.05) is 24.9 Å². The van der Waals surface area contributed by atoms with E-state index < -0.39 is 0 Å². The summed E-state index contributed by atoms with van der Waals surface area (Å²) < 4.78 is 1.72. The molecule has 1 amide bonds. The summed E-state index contributed by atoms with van der Waals surface area (Å²) in [5.74, 6) is -0.0210. The molecule has 3 aromatic rings. The third-order valence-corrected chi connectivity index (χ3v) is 5.75. The Morgan fingerprint density at radius 2 is 1.70 bits per heavy atom. The zero-order chi connectivity index (χ0) is 20.8. The number of carbonyl (C=O) groups is 1. The highest BCUT2D eigenvalue weighted by molar-refractivity contribution is 5.79. The van der Waals surface area contributed by atoms with Gasteiger partial charge < -0.3 is 5.32 Å². The maximum Gasteiger partial charge on any atom is 0.222 e. The van der Waals surface area contributed by atoms with E-state index in [1.165, 1.54) is 36.6 Å². The van der Waals surface area contributed by atoms with Gasteiger partial charge in [0.25, 0.3) is 0 Å². The Labute approximate surface area is 176 Å². The van der Waals surface area contributed by atoms with Crippen LogP contribution in [-0.2, 0) is 24.4 Å². The van der Waals surface area contributed by atoms with Crippen LogP contribution in [0.25, 0.3) is 10.9 Å². The lowest BCUT2D eigenvalue weighted by Gasteiger charge is -2.27. The number of aromatic nitrogens is 2. The van der Waals surface area contributed by atoms with E-state index in [-0.39, 0.29) is 11.3 Å². The molecule has 1 aliphatic heterocycles. The van der Waals surface area contributed by atoms with Crippen LogP contribution in [0.1, 0.15) is 36.8 Å². The number of amides is 1. The molecule has 4 rings (SSSR count). The molecular formula is C24H28N4O2. The monoisotopic (exact) mass is 404 g/mol. The molecule has 2 aromatic carbocycles. The van der Waals surface area contributed by atoms with E-state index in [9.17, 15) is 9.59 Å². The smallest absolute Gasteiger partial charge is 0.222 e. The van der Waals surface area contributed by atoms with Gasteiger partial charge in [-0.15, -0.1) is 0 Å². The number of para-hydroxylation sites is 1. The second-order valence-electron chi connectivity index (χ2n) is 7.88. The van der Waals surface area contributed by atoms with Gasteiger partial charge in [-0.1, -0.05) is 42.8 Å². The summed E-state index contributed by atoms with van der Waals surface area (Å²) in [7, 11) is 0. The van der Waals surface area contributed by atoms with Gasteiger partial charge in [-0.3, -0.25) is 19.2 Å². The van der Waals surface area contributed by atoms with Gasteiger partial charge in [0.05, 0.1) is 18.3 Å². The van der Waals surface area contributed by atoms with Crippen LogP contribution in [0.5, 0.6) is 0 Å². The number of hydrogen-bond donors (Lipinski definition) is 1. The van der Waals surface area contributed by atoms with Crippen LogP contribution in [0.15, 0.2) is 59.5 Å². The molecule has 2 heterocycles. The average Bonchev–Trinajstić information content (AvgIpc) is 2.79. The number of rotatable bonds is 7. The number of benzene rings is 2. The Hall–Kier alpha value is -2.99. The maximum absolute atomic E-state index is 12.5. The highest BCUT2D eigenvalue weighted by atomic mass is 16.1. The van der Waals surface area contributed by atoms with E-state index >= 15 is 0 Å². The van der Waals surface area contributed by atoms with Crippen LogP contribution in [0.2, 0.25) is 0 Å². The lowest BCUT2D eigenvalue weighted by Crippen LogP contribution is -2.30. The topological polar surface area (TPSA) is 67.2 Å². The summed E-state index contributed by atoms with van der Waals surface area (Å²) in [5, 5.41) is 7.87. The van der Waals surface area contributed by atoms with E-state index in [4.69, 9.17) is 0 Å². The minimum atomic E-state index is -0.100. The highest BCUT2D eigenvalue weighted by Crippen LogP contribution is 2.16. The lowest BCUT2D eigenvalue weighted by atomic mass is 10.0. The van der Waals surface area contributed by atoms with Crippen molar-refractivity contribution in [2.24, 2.45) is 0 Å². The minimum Gasteiger partial charge on any atom is -0.352 e. The third-order valence-electron chi connectivity index (χ3n) is 5.75. The Bertz CT molecular complexity index is 1070. The maximum atomic E-state index is 12.5. The summed E-state index contributed by atoms with van der Waals surface area (Å²) in [5.41, 5.74) is 3.11. The number of carbonyl (C=O) groups excluding carboxylic acids is 1. The summed E-state index contributed by atoms with van der Waals surface area (Å²) in [6, 6.07) is 15.7. The van der Waals surface area contributed by atoms with Crippen LogP contribution in [-0.4, -0.2) is 33.7 Å². The molecule has 1 fully saturated rings. The lowest BCUT2D eigenvalue weighted by molar-refractivity contribution is -0.121. The largest absolute Gasteiger partial charge is 0.352 e. The van der Waals surface area contributed by atoms with Crippen molar-refractivity contribution in [2.45, 2.75) is 45.3 Å². The first-order chi connectivity index (χ1) is 14.7. The molecular weight excluding hydrogens is 376 g/mol. The zero-order valence-corrected chi connectivity index (χ0v) is 17.2. The van der Waals surface area contributed by atoms with E-state index in [2.05, 4.69) is 33.5 Å². The van der Waals surface area contributed by atoms with Gasteiger partial charge in [0.1, 0.15) is 0 Å². The molecule has 156 valence electrons. The van der Waals surface area contributed by atoms with Crippen LogP contribution < -0.4 is 10.7 Å². The molecule has 0 radical (unpaired) electrons. The molecule has 6 nitrogen and oxygen atoms in total. The Balaban J connectivity index is 1.35. The van der Waals surface area contributed by atoms with Crippen molar-refractivity contribution in [3.8, 4) is 0 Å².